The van der Waals surface area contributed by atoms with Crippen molar-refractivity contribution in [2.24, 2.45) is 0 Å². The summed E-state index contributed by atoms with van der Waals surface area (Å²) in [5.41, 5.74) is 2.99. The van der Waals surface area contributed by atoms with Crippen LogP contribution in [-0.4, -0.2) is 22.9 Å². The van der Waals surface area contributed by atoms with Crippen LogP contribution in [0, 0.1) is 17.5 Å². The SMILES string of the molecule is O=C1Nc2cc(/C=C/CNC(=O)c3cccn(Cc4cc(F)c(F)c(F)c4)c3=O)ccc2/C1=C\c1ccccc1. The summed E-state index contributed by atoms with van der Waals surface area (Å²) in [7, 11) is 0. The standard InChI is InChI=1S/C31H22F3N3O3/c32-25-15-21(16-26(33)28(25)34)18-37-13-5-9-23(31(37)40)29(38)35-12-4-8-20-10-11-22-24(30(39)36-27(22)17-20)14-19-6-2-1-3-7-19/h1-11,13-17H,12,18H2,(H,35,38)(H,36,39)/b8-4+,24-14+. The molecule has 9 heteroatoms. The van der Waals surface area contributed by atoms with Gasteiger partial charge in [0.05, 0.1) is 6.54 Å². The van der Waals surface area contributed by atoms with Gasteiger partial charge in [-0.15, -0.1) is 0 Å². The summed E-state index contributed by atoms with van der Waals surface area (Å²) in [4.78, 5) is 37.9. The van der Waals surface area contributed by atoms with E-state index < -0.39 is 28.9 Å². The van der Waals surface area contributed by atoms with Crippen LogP contribution in [0.25, 0.3) is 17.7 Å². The predicted molar refractivity (Wildman–Crippen MR) is 147 cm³/mol. The fraction of sp³-hybridized carbons (Fsp3) is 0.0645. The van der Waals surface area contributed by atoms with Gasteiger partial charge >= 0.3 is 0 Å². The van der Waals surface area contributed by atoms with E-state index in [9.17, 15) is 27.6 Å². The Morgan fingerprint density at radius 3 is 2.40 bits per heavy atom. The van der Waals surface area contributed by atoms with Gasteiger partial charge < -0.3 is 15.2 Å². The molecule has 0 fully saturated rings. The second kappa shape index (κ2) is 11.3. The van der Waals surface area contributed by atoms with E-state index in [4.69, 9.17) is 0 Å². The molecule has 200 valence electrons. The van der Waals surface area contributed by atoms with E-state index in [-0.39, 0.29) is 30.1 Å². The van der Waals surface area contributed by atoms with Crippen molar-refractivity contribution in [3.63, 3.8) is 0 Å². The Morgan fingerprint density at radius 2 is 1.65 bits per heavy atom. The molecule has 0 atom stereocenters. The van der Waals surface area contributed by atoms with Crippen LogP contribution in [0.1, 0.15) is 32.6 Å². The molecule has 1 aliphatic rings. The summed E-state index contributed by atoms with van der Waals surface area (Å²) in [6.07, 6.45) is 6.67. The van der Waals surface area contributed by atoms with E-state index in [1.807, 2.05) is 54.6 Å². The molecule has 2 N–H and O–H groups in total. The molecule has 3 aromatic carbocycles. The minimum absolute atomic E-state index is 0.0344. The van der Waals surface area contributed by atoms with Gasteiger partial charge in [0.1, 0.15) is 5.56 Å². The fourth-order valence-corrected chi connectivity index (χ4v) is 4.35. The highest BCUT2D eigenvalue weighted by Gasteiger charge is 2.24. The highest BCUT2D eigenvalue weighted by Crippen LogP contribution is 2.34. The normalized spacial score (nSPS) is 13.5. The Kier molecular flexibility index (Phi) is 7.46. The third kappa shape index (κ3) is 5.63. The van der Waals surface area contributed by atoms with Gasteiger partial charge in [-0.05, 0) is 53.1 Å². The molecule has 6 nitrogen and oxygen atoms in total. The van der Waals surface area contributed by atoms with Crippen LogP contribution in [-0.2, 0) is 11.3 Å². The van der Waals surface area contributed by atoms with Crippen LogP contribution >= 0.6 is 0 Å². The van der Waals surface area contributed by atoms with Gasteiger partial charge in [-0.1, -0.05) is 54.6 Å². The highest BCUT2D eigenvalue weighted by molar-refractivity contribution is 6.35. The maximum absolute atomic E-state index is 13.5. The number of pyridine rings is 1. The van der Waals surface area contributed by atoms with Gasteiger partial charge in [-0.2, -0.15) is 0 Å². The van der Waals surface area contributed by atoms with E-state index in [2.05, 4.69) is 10.6 Å². The number of fused-ring (bicyclic) bond motifs is 1. The minimum atomic E-state index is -1.59. The summed E-state index contributed by atoms with van der Waals surface area (Å²) >= 11 is 0. The number of nitrogens with zero attached hydrogens (tertiary/aromatic N) is 1. The van der Waals surface area contributed by atoms with Crippen molar-refractivity contribution < 1.29 is 22.8 Å². The lowest BCUT2D eigenvalue weighted by atomic mass is 10.0. The van der Waals surface area contributed by atoms with Crippen molar-refractivity contribution in [2.45, 2.75) is 6.54 Å². The van der Waals surface area contributed by atoms with Gasteiger partial charge in [-0.25, -0.2) is 13.2 Å². The largest absolute Gasteiger partial charge is 0.348 e. The third-order valence-electron chi connectivity index (χ3n) is 6.29. The van der Waals surface area contributed by atoms with Crippen molar-refractivity contribution in [3.05, 3.63) is 141 Å². The summed E-state index contributed by atoms with van der Waals surface area (Å²) in [6.45, 7) is -0.130. The monoisotopic (exact) mass is 541 g/mol. The second-order valence-corrected chi connectivity index (χ2v) is 9.07. The maximum Gasteiger partial charge on any atom is 0.263 e. The minimum Gasteiger partial charge on any atom is -0.348 e. The van der Waals surface area contributed by atoms with Crippen LogP contribution in [0.4, 0.5) is 18.9 Å². The number of rotatable bonds is 7. The molecule has 0 saturated heterocycles. The van der Waals surface area contributed by atoms with Crippen molar-refractivity contribution in [1.29, 1.82) is 0 Å². The number of anilines is 1. The van der Waals surface area contributed by atoms with E-state index in [0.717, 1.165) is 33.4 Å². The van der Waals surface area contributed by atoms with E-state index in [1.165, 1.54) is 18.3 Å². The molecule has 1 aromatic heterocycles. The number of hydrogen-bond acceptors (Lipinski definition) is 3. The Balaban J connectivity index is 1.23. The molecule has 0 saturated carbocycles. The predicted octanol–water partition coefficient (Wildman–Crippen LogP) is 5.25. The van der Waals surface area contributed by atoms with Crippen molar-refractivity contribution in [2.75, 3.05) is 11.9 Å². The summed E-state index contributed by atoms with van der Waals surface area (Å²) < 4.78 is 41.4. The summed E-state index contributed by atoms with van der Waals surface area (Å²) in [5.74, 6) is -5.13. The van der Waals surface area contributed by atoms with Gasteiger partial charge in [0.25, 0.3) is 17.4 Å². The molecule has 5 rings (SSSR count). The Bertz CT molecular complexity index is 1720. The number of hydrogen-bond donors (Lipinski definition) is 2. The lowest BCUT2D eigenvalue weighted by molar-refractivity contribution is -0.110. The van der Waals surface area contributed by atoms with Gasteiger partial charge in [-0.3, -0.25) is 14.4 Å². The van der Waals surface area contributed by atoms with Crippen molar-refractivity contribution in [3.8, 4) is 0 Å². The first kappa shape index (κ1) is 26.4. The van der Waals surface area contributed by atoms with Gasteiger partial charge in [0.15, 0.2) is 17.5 Å². The number of aromatic nitrogens is 1. The van der Waals surface area contributed by atoms with Crippen LogP contribution in [0.2, 0.25) is 0 Å². The first-order chi connectivity index (χ1) is 19.3. The molecular formula is C31H22F3N3O3. The van der Waals surface area contributed by atoms with E-state index in [0.29, 0.717) is 11.3 Å². The topological polar surface area (TPSA) is 80.2 Å². The lowest BCUT2D eigenvalue weighted by Crippen LogP contribution is -2.33. The molecular weight excluding hydrogens is 519 g/mol. The first-order valence-electron chi connectivity index (χ1n) is 12.3. The Labute approximate surface area is 227 Å². The number of carbonyl (C=O) groups is 2. The van der Waals surface area contributed by atoms with E-state index in [1.54, 1.807) is 12.2 Å². The zero-order valence-corrected chi connectivity index (χ0v) is 21.0. The van der Waals surface area contributed by atoms with Crippen molar-refractivity contribution in [1.82, 2.24) is 9.88 Å². The van der Waals surface area contributed by atoms with Crippen LogP contribution in [0.15, 0.2) is 89.9 Å². The molecule has 0 spiro atoms. The summed E-state index contributed by atoms with van der Waals surface area (Å²) in [6, 6.07) is 19.5. The van der Waals surface area contributed by atoms with Gasteiger partial charge in [0, 0.05) is 29.6 Å². The molecule has 0 bridgehead atoms. The lowest BCUT2D eigenvalue weighted by Gasteiger charge is -2.09. The number of carbonyl (C=O) groups excluding carboxylic acids is 2. The molecule has 0 radical (unpaired) electrons. The average Bonchev–Trinajstić information content (AvgIpc) is 3.25. The number of halogens is 3. The average molecular weight is 542 g/mol. The molecule has 0 unspecified atom stereocenters. The van der Waals surface area contributed by atoms with Crippen LogP contribution in [0.3, 0.4) is 0 Å². The summed E-state index contributed by atoms with van der Waals surface area (Å²) in [5, 5.41) is 5.50. The molecule has 1 aliphatic heterocycles. The zero-order valence-electron chi connectivity index (χ0n) is 21.0. The molecule has 4 aromatic rings. The Morgan fingerprint density at radius 1 is 0.900 bits per heavy atom. The first-order valence-corrected chi connectivity index (χ1v) is 12.3. The smallest absolute Gasteiger partial charge is 0.263 e. The molecule has 2 heterocycles. The third-order valence-corrected chi connectivity index (χ3v) is 6.29. The molecule has 2 amide bonds. The maximum atomic E-state index is 13.5. The van der Waals surface area contributed by atoms with Crippen LogP contribution in [0.5, 0.6) is 0 Å². The number of benzene rings is 3. The number of nitrogens with one attached hydrogen (secondary N) is 2. The second-order valence-electron chi connectivity index (χ2n) is 9.07. The molecule has 40 heavy (non-hydrogen) atoms. The van der Waals surface area contributed by atoms with E-state index >= 15 is 0 Å². The van der Waals surface area contributed by atoms with Crippen LogP contribution < -0.4 is 16.2 Å². The Hall–Kier alpha value is -5.18. The highest BCUT2D eigenvalue weighted by atomic mass is 19.2. The quantitative estimate of drug-likeness (QED) is 0.248. The zero-order chi connectivity index (χ0) is 28.2. The van der Waals surface area contributed by atoms with Gasteiger partial charge in [0.2, 0.25) is 0 Å². The van der Waals surface area contributed by atoms with Crippen molar-refractivity contribution >= 4 is 35.2 Å². The fourth-order valence-electron chi connectivity index (χ4n) is 4.35. The molecule has 0 aliphatic carbocycles. The number of amides is 2.